The SMILES string of the molecule is CC(=O)c1ccc2c(CF)c(O[C@H]3CC[C@@H](C(F)(F)F)CC3)ccc2c1. The number of benzene rings is 2. The summed E-state index contributed by atoms with van der Waals surface area (Å²) in [4.78, 5) is 11.5. The molecule has 0 saturated heterocycles. The summed E-state index contributed by atoms with van der Waals surface area (Å²) in [5.41, 5.74) is 0.914. The van der Waals surface area contributed by atoms with Gasteiger partial charge >= 0.3 is 6.18 Å². The van der Waals surface area contributed by atoms with Gasteiger partial charge in [0.05, 0.1) is 12.0 Å². The summed E-state index contributed by atoms with van der Waals surface area (Å²) in [6.07, 6.45) is -3.82. The third-order valence-corrected chi connectivity index (χ3v) is 5.06. The first-order chi connectivity index (χ1) is 12.3. The van der Waals surface area contributed by atoms with E-state index in [1.807, 2.05) is 0 Å². The Bertz CT molecular complexity index is 805. The molecule has 0 unspecified atom stereocenters. The lowest BCUT2D eigenvalue weighted by atomic mass is 9.87. The van der Waals surface area contributed by atoms with Crippen LogP contribution in [-0.2, 0) is 6.67 Å². The van der Waals surface area contributed by atoms with Crippen LogP contribution in [0.1, 0.15) is 48.5 Å². The molecule has 0 heterocycles. The highest BCUT2D eigenvalue weighted by Gasteiger charge is 2.41. The van der Waals surface area contributed by atoms with Crippen molar-refractivity contribution in [2.45, 2.75) is 51.6 Å². The van der Waals surface area contributed by atoms with Crippen molar-refractivity contribution in [3.8, 4) is 5.75 Å². The third-order valence-electron chi connectivity index (χ3n) is 5.06. The van der Waals surface area contributed by atoms with Gasteiger partial charge in [-0.3, -0.25) is 4.79 Å². The lowest BCUT2D eigenvalue weighted by molar-refractivity contribution is -0.185. The summed E-state index contributed by atoms with van der Waals surface area (Å²) < 4.78 is 57.8. The van der Waals surface area contributed by atoms with Gasteiger partial charge < -0.3 is 4.74 Å². The molecule has 0 bridgehead atoms. The Morgan fingerprint density at radius 2 is 1.81 bits per heavy atom. The lowest BCUT2D eigenvalue weighted by Gasteiger charge is -2.30. The maximum atomic E-state index is 13.7. The Morgan fingerprint density at radius 1 is 1.12 bits per heavy atom. The van der Waals surface area contributed by atoms with Gasteiger partial charge in [-0.1, -0.05) is 18.2 Å². The van der Waals surface area contributed by atoms with Crippen LogP contribution in [0.4, 0.5) is 17.6 Å². The van der Waals surface area contributed by atoms with Gasteiger partial charge in [0.25, 0.3) is 0 Å². The lowest BCUT2D eigenvalue weighted by Crippen LogP contribution is -2.32. The van der Waals surface area contributed by atoms with E-state index < -0.39 is 18.8 Å². The first-order valence-electron chi connectivity index (χ1n) is 8.65. The summed E-state index contributed by atoms with van der Waals surface area (Å²) in [6.45, 7) is 0.718. The molecular weight excluding hydrogens is 348 g/mol. The minimum atomic E-state index is -4.16. The highest BCUT2D eigenvalue weighted by molar-refractivity contribution is 5.99. The number of Topliss-reactive ketones (excluding diaryl/α,β-unsaturated/α-hetero) is 1. The van der Waals surface area contributed by atoms with Crippen LogP contribution < -0.4 is 4.74 Å². The van der Waals surface area contributed by atoms with Gasteiger partial charge in [-0.2, -0.15) is 13.2 Å². The van der Waals surface area contributed by atoms with Crippen LogP contribution in [0, 0.1) is 5.92 Å². The van der Waals surface area contributed by atoms with Gasteiger partial charge in [-0.05, 0) is 55.5 Å². The molecule has 0 spiro atoms. The van der Waals surface area contributed by atoms with E-state index in [4.69, 9.17) is 4.74 Å². The second-order valence-electron chi connectivity index (χ2n) is 6.80. The zero-order chi connectivity index (χ0) is 18.9. The van der Waals surface area contributed by atoms with E-state index in [1.54, 1.807) is 30.3 Å². The number of rotatable bonds is 4. The second kappa shape index (κ2) is 7.25. The smallest absolute Gasteiger partial charge is 0.391 e. The van der Waals surface area contributed by atoms with E-state index in [9.17, 15) is 22.4 Å². The van der Waals surface area contributed by atoms with Gasteiger partial charge in [-0.15, -0.1) is 0 Å². The monoisotopic (exact) mass is 368 g/mol. The average molecular weight is 368 g/mol. The highest BCUT2D eigenvalue weighted by Crippen LogP contribution is 2.39. The number of hydrogen-bond donors (Lipinski definition) is 0. The summed E-state index contributed by atoms with van der Waals surface area (Å²) in [6, 6.07) is 8.42. The molecule has 6 heteroatoms. The average Bonchev–Trinajstić information content (AvgIpc) is 2.60. The number of alkyl halides is 4. The predicted molar refractivity (Wildman–Crippen MR) is 91.2 cm³/mol. The van der Waals surface area contributed by atoms with Gasteiger partial charge in [0.15, 0.2) is 5.78 Å². The molecule has 0 radical (unpaired) electrons. The number of ketones is 1. The number of hydrogen-bond acceptors (Lipinski definition) is 2. The normalized spacial score (nSPS) is 21.0. The molecule has 26 heavy (non-hydrogen) atoms. The van der Waals surface area contributed by atoms with Crippen LogP contribution in [0.5, 0.6) is 5.75 Å². The van der Waals surface area contributed by atoms with Crippen molar-refractivity contribution in [3.63, 3.8) is 0 Å². The molecule has 1 aliphatic rings. The largest absolute Gasteiger partial charge is 0.490 e. The second-order valence-corrected chi connectivity index (χ2v) is 6.80. The Hall–Kier alpha value is -2.11. The van der Waals surface area contributed by atoms with Gasteiger partial charge in [0, 0.05) is 11.1 Å². The van der Waals surface area contributed by atoms with E-state index in [1.165, 1.54) is 6.92 Å². The minimum Gasteiger partial charge on any atom is -0.490 e. The summed E-state index contributed by atoms with van der Waals surface area (Å²) in [5.74, 6) is -0.980. The zero-order valence-corrected chi connectivity index (χ0v) is 14.4. The maximum Gasteiger partial charge on any atom is 0.391 e. The molecule has 140 valence electrons. The molecule has 0 aliphatic heterocycles. The van der Waals surface area contributed by atoms with Gasteiger partial charge in [-0.25, -0.2) is 4.39 Å². The molecule has 0 aromatic heterocycles. The molecule has 0 N–H and O–H groups in total. The van der Waals surface area contributed by atoms with Crippen LogP contribution in [0.2, 0.25) is 0 Å². The number of carbonyl (C=O) groups excluding carboxylic acids is 1. The molecular formula is C20H20F4O2. The van der Waals surface area contributed by atoms with Gasteiger partial charge in [0.1, 0.15) is 12.4 Å². The van der Waals surface area contributed by atoms with E-state index in [2.05, 4.69) is 0 Å². The van der Waals surface area contributed by atoms with Crippen LogP contribution in [0.3, 0.4) is 0 Å². The molecule has 2 aromatic carbocycles. The van der Waals surface area contributed by atoms with E-state index >= 15 is 0 Å². The summed E-state index contributed by atoms with van der Waals surface area (Å²) in [5, 5.41) is 1.39. The first-order valence-corrected chi connectivity index (χ1v) is 8.65. The summed E-state index contributed by atoms with van der Waals surface area (Å²) >= 11 is 0. The molecule has 0 amide bonds. The fourth-order valence-corrected chi connectivity index (χ4v) is 3.53. The molecule has 3 rings (SSSR count). The molecule has 1 fully saturated rings. The van der Waals surface area contributed by atoms with Crippen LogP contribution in [0.15, 0.2) is 30.3 Å². The number of halogens is 4. The van der Waals surface area contributed by atoms with Crippen molar-refractivity contribution >= 4 is 16.6 Å². The quantitative estimate of drug-likeness (QED) is 0.488. The topological polar surface area (TPSA) is 26.3 Å². The molecule has 2 nitrogen and oxygen atoms in total. The minimum absolute atomic E-state index is 0.0364. The highest BCUT2D eigenvalue weighted by atomic mass is 19.4. The Labute approximate surface area is 149 Å². The van der Waals surface area contributed by atoms with Gasteiger partial charge in [0.2, 0.25) is 0 Å². The fourth-order valence-electron chi connectivity index (χ4n) is 3.53. The molecule has 1 aliphatic carbocycles. The standard InChI is InChI=1S/C20H20F4O2/c1-12(25)13-2-8-17-14(10-13)3-9-19(18(17)11-21)26-16-6-4-15(5-7-16)20(22,23)24/h2-3,8-10,15-16H,4-7,11H2,1H3/t15-,16+. The predicted octanol–water partition coefficient (Wildman–Crippen LogP) is 6.01. The van der Waals surface area contributed by atoms with Crippen molar-refractivity contribution in [2.75, 3.05) is 0 Å². The van der Waals surface area contributed by atoms with Crippen molar-refractivity contribution in [2.24, 2.45) is 5.92 Å². The molecule has 1 saturated carbocycles. The number of carbonyl (C=O) groups is 1. The van der Waals surface area contributed by atoms with E-state index in [-0.39, 0.29) is 24.7 Å². The number of ether oxygens (including phenoxy) is 1. The first kappa shape index (κ1) is 18.7. The maximum absolute atomic E-state index is 13.7. The van der Waals surface area contributed by atoms with Crippen molar-refractivity contribution in [3.05, 3.63) is 41.5 Å². The Balaban J connectivity index is 1.80. The van der Waals surface area contributed by atoms with Crippen LogP contribution >= 0.6 is 0 Å². The third kappa shape index (κ3) is 3.84. The molecule has 0 atom stereocenters. The number of fused-ring (bicyclic) bond motifs is 1. The summed E-state index contributed by atoms with van der Waals surface area (Å²) in [7, 11) is 0. The molecule has 2 aromatic rings. The van der Waals surface area contributed by atoms with Crippen molar-refractivity contribution < 1.29 is 27.1 Å². The Kier molecular flexibility index (Phi) is 5.21. The van der Waals surface area contributed by atoms with Crippen LogP contribution in [-0.4, -0.2) is 18.1 Å². The van der Waals surface area contributed by atoms with E-state index in [0.717, 1.165) is 5.39 Å². The zero-order valence-electron chi connectivity index (χ0n) is 14.4. The Morgan fingerprint density at radius 3 is 2.38 bits per heavy atom. The van der Waals surface area contributed by atoms with Crippen LogP contribution in [0.25, 0.3) is 10.8 Å². The fraction of sp³-hybridized carbons (Fsp3) is 0.450. The van der Waals surface area contributed by atoms with Crippen molar-refractivity contribution in [1.29, 1.82) is 0 Å². The van der Waals surface area contributed by atoms with Crippen molar-refractivity contribution in [1.82, 2.24) is 0 Å². The van der Waals surface area contributed by atoms with E-state index in [0.29, 0.717) is 35.1 Å².